The summed E-state index contributed by atoms with van der Waals surface area (Å²) in [7, 11) is 0. The smallest absolute Gasteiger partial charge is 0.420 e. The molecule has 1 aromatic carbocycles. The lowest BCUT2D eigenvalue weighted by molar-refractivity contribution is -0.124. The number of carbonyl (C=O) groups is 2. The van der Waals surface area contributed by atoms with E-state index in [1.165, 1.54) is 4.57 Å². The van der Waals surface area contributed by atoms with Crippen LogP contribution in [0.4, 0.5) is 4.79 Å². The molecule has 2 amide bonds. The van der Waals surface area contributed by atoms with Gasteiger partial charge >= 0.3 is 11.8 Å². The average molecular weight is 333 g/mol. The van der Waals surface area contributed by atoms with Crippen LogP contribution in [0, 0.1) is 0 Å². The lowest BCUT2D eigenvalue weighted by Crippen LogP contribution is -2.43. The summed E-state index contributed by atoms with van der Waals surface area (Å²) >= 11 is 0. The predicted molar refractivity (Wildman–Crippen MR) is 85.7 cm³/mol. The molecule has 1 aliphatic heterocycles. The predicted octanol–water partition coefficient (Wildman–Crippen LogP) is 1.11. The number of para-hydroxylation sites is 2. The van der Waals surface area contributed by atoms with E-state index in [1.54, 1.807) is 36.1 Å². The number of rotatable bonds is 5. The fourth-order valence-electron chi connectivity index (χ4n) is 2.73. The highest BCUT2D eigenvalue weighted by Gasteiger charge is 2.22. The van der Waals surface area contributed by atoms with Crippen LogP contribution in [0.5, 0.6) is 0 Å². The maximum absolute atomic E-state index is 12.3. The molecule has 3 rings (SSSR count). The molecule has 0 bridgehead atoms. The zero-order chi connectivity index (χ0) is 17.1. The summed E-state index contributed by atoms with van der Waals surface area (Å²) in [5.74, 6) is -0.882. The molecule has 0 unspecified atom stereocenters. The van der Waals surface area contributed by atoms with E-state index in [-0.39, 0.29) is 12.0 Å². The number of cyclic esters (lactones) is 1. The van der Waals surface area contributed by atoms with Crippen molar-refractivity contribution < 1.29 is 18.7 Å². The van der Waals surface area contributed by atoms with Crippen LogP contribution in [-0.4, -0.2) is 47.7 Å². The second kappa shape index (κ2) is 6.77. The molecule has 1 atom stereocenters. The molecule has 1 aromatic heterocycles. The highest BCUT2D eigenvalue weighted by atomic mass is 16.6. The first kappa shape index (κ1) is 16.1. The van der Waals surface area contributed by atoms with Crippen molar-refractivity contribution in [3.8, 4) is 0 Å². The van der Waals surface area contributed by atoms with Gasteiger partial charge in [0.1, 0.15) is 6.04 Å². The Morgan fingerprint density at radius 3 is 2.92 bits per heavy atom. The van der Waals surface area contributed by atoms with Crippen LogP contribution in [0.3, 0.4) is 0 Å². The lowest BCUT2D eigenvalue weighted by Gasteiger charge is -2.26. The number of benzene rings is 1. The van der Waals surface area contributed by atoms with Crippen molar-refractivity contribution in [1.82, 2.24) is 14.8 Å². The molecule has 128 valence electrons. The number of nitrogens with zero attached hydrogens (tertiary/aromatic N) is 2. The van der Waals surface area contributed by atoms with Crippen molar-refractivity contribution in [3.63, 3.8) is 0 Å². The number of oxazole rings is 1. The minimum absolute atomic E-state index is 0.294. The van der Waals surface area contributed by atoms with E-state index in [0.29, 0.717) is 37.3 Å². The molecule has 2 heterocycles. The van der Waals surface area contributed by atoms with Gasteiger partial charge in [-0.3, -0.25) is 9.36 Å². The summed E-state index contributed by atoms with van der Waals surface area (Å²) in [6, 6.07) is 6.24. The van der Waals surface area contributed by atoms with Gasteiger partial charge in [0.05, 0.1) is 12.1 Å². The molecular formula is C16H19N3O5. The van der Waals surface area contributed by atoms with Gasteiger partial charge in [-0.1, -0.05) is 12.1 Å². The quantitative estimate of drug-likeness (QED) is 0.885. The fourth-order valence-corrected chi connectivity index (χ4v) is 2.73. The van der Waals surface area contributed by atoms with Gasteiger partial charge in [0.25, 0.3) is 0 Å². The summed E-state index contributed by atoms with van der Waals surface area (Å²) in [5.41, 5.74) is 1.02. The number of fused-ring (bicyclic) bond motifs is 1. The van der Waals surface area contributed by atoms with Crippen molar-refractivity contribution in [2.75, 3.05) is 26.2 Å². The van der Waals surface area contributed by atoms with E-state index in [1.807, 2.05) is 0 Å². The Morgan fingerprint density at radius 1 is 1.33 bits per heavy atom. The van der Waals surface area contributed by atoms with Gasteiger partial charge in [0, 0.05) is 19.6 Å². The largest absolute Gasteiger partial charge is 0.449 e. The maximum Gasteiger partial charge on any atom is 0.420 e. The first-order chi connectivity index (χ1) is 11.6. The highest BCUT2D eigenvalue weighted by Crippen LogP contribution is 2.16. The second-order valence-electron chi connectivity index (χ2n) is 5.63. The van der Waals surface area contributed by atoms with E-state index in [4.69, 9.17) is 9.15 Å². The first-order valence-electron chi connectivity index (χ1n) is 7.87. The van der Waals surface area contributed by atoms with Crippen molar-refractivity contribution in [1.29, 1.82) is 0 Å². The Labute approximate surface area is 138 Å². The number of amides is 2. The van der Waals surface area contributed by atoms with Crippen LogP contribution in [0.15, 0.2) is 33.5 Å². The van der Waals surface area contributed by atoms with Crippen LogP contribution < -0.4 is 11.1 Å². The number of hydrogen-bond donors (Lipinski definition) is 1. The van der Waals surface area contributed by atoms with E-state index >= 15 is 0 Å². The average Bonchev–Trinajstić information content (AvgIpc) is 2.91. The van der Waals surface area contributed by atoms with Crippen LogP contribution in [-0.2, 0) is 9.53 Å². The molecule has 1 saturated heterocycles. The lowest BCUT2D eigenvalue weighted by atomic mass is 10.2. The minimum atomic E-state index is -0.713. The Bertz CT molecular complexity index is 809. The van der Waals surface area contributed by atoms with Crippen LogP contribution in [0.2, 0.25) is 0 Å². The van der Waals surface area contributed by atoms with E-state index in [9.17, 15) is 14.4 Å². The molecule has 0 aliphatic carbocycles. The number of ether oxygens (including phenoxy) is 1. The van der Waals surface area contributed by atoms with Crippen LogP contribution in [0.25, 0.3) is 11.1 Å². The SMILES string of the molecule is C[C@@H](C(=O)NCCN1CCCOC1=O)n1c(=O)oc2ccccc21. The molecule has 0 spiro atoms. The molecule has 0 saturated carbocycles. The maximum atomic E-state index is 12.3. The van der Waals surface area contributed by atoms with Crippen LogP contribution in [0.1, 0.15) is 19.4 Å². The molecule has 24 heavy (non-hydrogen) atoms. The Hall–Kier alpha value is -2.77. The Balaban J connectivity index is 1.63. The molecule has 8 heteroatoms. The molecule has 1 aliphatic rings. The van der Waals surface area contributed by atoms with Gasteiger partial charge in [-0.25, -0.2) is 9.59 Å². The third-order valence-corrected chi connectivity index (χ3v) is 4.02. The Morgan fingerprint density at radius 2 is 2.12 bits per heavy atom. The zero-order valence-electron chi connectivity index (χ0n) is 13.4. The topological polar surface area (TPSA) is 93.8 Å². The van der Waals surface area contributed by atoms with Crippen molar-refractivity contribution in [2.24, 2.45) is 0 Å². The van der Waals surface area contributed by atoms with Gasteiger partial charge in [-0.05, 0) is 25.5 Å². The third-order valence-electron chi connectivity index (χ3n) is 4.02. The summed E-state index contributed by atoms with van der Waals surface area (Å²) in [5, 5.41) is 2.74. The fraction of sp³-hybridized carbons (Fsp3) is 0.438. The number of hydrogen-bond acceptors (Lipinski definition) is 5. The summed E-state index contributed by atoms with van der Waals surface area (Å²) in [6.45, 7) is 3.36. The van der Waals surface area contributed by atoms with Crippen molar-refractivity contribution in [3.05, 3.63) is 34.8 Å². The standard InChI is InChI=1S/C16H19N3O5/c1-11(19-12-5-2-3-6-13(12)24-16(19)22)14(20)17-7-9-18-8-4-10-23-15(18)21/h2-3,5-6,11H,4,7-10H2,1H3,(H,17,20)/t11-/m0/s1. The first-order valence-corrected chi connectivity index (χ1v) is 7.87. The van der Waals surface area contributed by atoms with E-state index in [0.717, 1.165) is 6.42 Å². The highest BCUT2D eigenvalue weighted by molar-refractivity contribution is 5.82. The normalized spacial score (nSPS) is 16.0. The molecule has 1 fully saturated rings. The Kier molecular flexibility index (Phi) is 4.54. The zero-order valence-corrected chi connectivity index (χ0v) is 13.4. The molecule has 1 N–H and O–H groups in total. The van der Waals surface area contributed by atoms with Gasteiger partial charge in [-0.2, -0.15) is 0 Å². The molecule has 8 nitrogen and oxygen atoms in total. The monoisotopic (exact) mass is 333 g/mol. The van der Waals surface area contributed by atoms with E-state index < -0.39 is 11.8 Å². The summed E-state index contributed by atoms with van der Waals surface area (Å²) in [6.07, 6.45) is 0.424. The van der Waals surface area contributed by atoms with Gasteiger partial charge < -0.3 is 19.4 Å². The van der Waals surface area contributed by atoms with Crippen molar-refractivity contribution >= 4 is 23.1 Å². The van der Waals surface area contributed by atoms with Gasteiger partial charge in [0.2, 0.25) is 5.91 Å². The second-order valence-corrected chi connectivity index (χ2v) is 5.63. The van der Waals surface area contributed by atoms with Crippen LogP contribution >= 0.6 is 0 Å². The summed E-state index contributed by atoms with van der Waals surface area (Å²) in [4.78, 5) is 37.4. The van der Waals surface area contributed by atoms with Gasteiger partial charge in [0.15, 0.2) is 5.58 Å². The van der Waals surface area contributed by atoms with E-state index in [2.05, 4.69) is 5.32 Å². The molecule has 2 aromatic rings. The molecular weight excluding hydrogens is 314 g/mol. The molecule has 0 radical (unpaired) electrons. The number of nitrogens with one attached hydrogen (secondary N) is 1. The van der Waals surface area contributed by atoms with Gasteiger partial charge in [-0.15, -0.1) is 0 Å². The number of carbonyl (C=O) groups excluding carboxylic acids is 2. The summed E-state index contributed by atoms with van der Waals surface area (Å²) < 4.78 is 11.4. The number of aromatic nitrogens is 1. The minimum Gasteiger partial charge on any atom is -0.449 e. The third kappa shape index (κ3) is 3.12. The van der Waals surface area contributed by atoms with Crippen molar-refractivity contribution in [2.45, 2.75) is 19.4 Å².